The molecule has 0 saturated heterocycles. The molecule has 0 fully saturated rings. The van der Waals surface area contributed by atoms with E-state index in [-0.39, 0.29) is 18.4 Å². The molecule has 1 aliphatic heterocycles. The summed E-state index contributed by atoms with van der Waals surface area (Å²) in [5, 5.41) is 2.88. The van der Waals surface area contributed by atoms with Gasteiger partial charge in [0, 0.05) is 34.4 Å². The van der Waals surface area contributed by atoms with Crippen LogP contribution >= 0.6 is 15.9 Å². The Bertz CT molecular complexity index is 1140. The van der Waals surface area contributed by atoms with Crippen LogP contribution < -0.4 is 10.1 Å². The lowest BCUT2D eigenvalue weighted by atomic mass is 9.97. The minimum absolute atomic E-state index is 0.0145. The molecule has 1 aliphatic rings. The maximum absolute atomic E-state index is 13.1. The van der Waals surface area contributed by atoms with Crippen LogP contribution in [0.25, 0.3) is 0 Å². The van der Waals surface area contributed by atoms with Crippen LogP contribution in [0.4, 0.5) is 5.69 Å². The number of fused-ring (bicyclic) bond motifs is 1. The van der Waals surface area contributed by atoms with Crippen LogP contribution in [0.2, 0.25) is 0 Å². The molecule has 4 rings (SSSR count). The van der Waals surface area contributed by atoms with Crippen LogP contribution in [0.5, 0.6) is 5.75 Å². The molecule has 6 heteroatoms. The van der Waals surface area contributed by atoms with Gasteiger partial charge >= 0.3 is 0 Å². The third-order valence-corrected chi connectivity index (χ3v) is 5.96. The molecular weight excluding hydrogens is 468 g/mol. The van der Waals surface area contributed by atoms with Gasteiger partial charge in [-0.2, -0.15) is 0 Å². The number of hydrogen-bond acceptors (Lipinski definition) is 3. The number of amides is 2. The highest BCUT2D eigenvalue weighted by molar-refractivity contribution is 9.10. The smallest absolute Gasteiger partial charge is 0.262 e. The molecule has 0 unspecified atom stereocenters. The molecule has 32 heavy (non-hydrogen) atoms. The fraction of sp³-hybridized carbons (Fsp3) is 0.231. The van der Waals surface area contributed by atoms with Gasteiger partial charge in [0.1, 0.15) is 5.75 Å². The van der Waals surface area contributed by atoms with Crippen molar-refractivity contribution >= 4 is 33.4 Å². The second-order valence-electron chi connectivity index (χ2n) is 8.10. The molecule has 164 valence electrons. The predicted octanol–water partition coefficient (Wildman–Crippen LogP) is 5.28. The SMILES string of the molecule is Cc1cc(C)cc(NC(=O)COc2cccc3c2CCN(Cc2ccc(Br)cc2)C3=O)c1. The molecule has 0 aliphatic carbocycles. The molecule has 0 aromatic heterocycles. The first kappa shape index (κ1) is 22.1. The first-order valence-corrected chi connectivity index (χ1v) is 11.3. The van der Waals surface area contributed by atoms with Gasteiger partial charge in [-0.3, -0.25) is 9.59 Å². The molecule has 1 N–H and O–H groups in total. The van der Waals surface area contributed by atoms with E-state index in [9.17, 15) is 9.59 Å². The minimum atomic E-state index is -0.230. The molecule has 0 radical (unpaired) electrons. The topological polar surface area (TPSA) is 58.6 Å². The molecule has 0 spiro atoms. The third-order valence-electron chi connectivity index (χ3n) is 5.43. The number of carbonyl (C=O) groups is 2. The molecule has 0 bridgehead atoms. The van der Waals surface area contributed by atoms with Crippen LogP contribution in [0.15, 0.2) is 65.1 Å². The Balaban J connectivity index is 1.42. The van der Waals surface area contributed by atoms with Crippen LogP contribution in [-0.4, -0.2) is 29.9 Å². The lowest BCUT2D eigenvalue weighted by molar-refractivity contribution is -0.118. The van der Waals surface area contributed by atoms with Crippen molar-refractivity contribution in [3.05, 3.63) is 93.0 Å². The van der Waals surface area contributed by atoms with E-state index in [0.717, 1.165) is 32.4 Å². The lowest BCUT2D eigenvalue weighted by Crippen LogP contribution is -2.37. The molecule has 5 nitrogen and oxygen atoms in total. The van der Waals surface area contributed by atoms with Gasteiger partial charge in [-0.25, -0.2) is 0 Å². The van der Waals surface area contributed by atoms with Crippen LogP contribution in [-0.2, 0) is 17.8 Å². The average molecular weight is 493 g/mol. The Kier molecular flexibility index (Phi) is 6.61. The highest BCUT2D eigenvalue weighted by Gasteiger charge is 2.26. The highest BCUT2D eigenvalue weighted by atomic mass is 79.9. The average Bonchev–Trinajstić information content (AvgIpc) is 2.75. The van der Waals surface area contributed by atoms with Crippen molar-refractivity contribution in [1.82, 2.24) is 4.90 Å². The Morgan fingerprint density at radius 2 is 1.78 bits per heavy atom. The Hall–Kier alpha value is -3.12. The second-order valence-corrected chi connectivity index (χ2v) is 9.01. The lowest BCUT2D eigenvalue weighted by Gasteiger charge is -2.29. The number of hydrogen-bond donors (Lipinski definition) is 1. The fourth-order valence-corrected chi connectivity index (χ4v) is 4.29. The van der Waals surface area contributed by atoms with Gasteiger partial charge in [0.2, 0.25) is 0 Å². The van der Waals surface area contributed by atoms with E-state index in [2.05, 4.69) is 27.3 Å². The van der Waals surface area contributed by atoms with E-state index in [1.807, 2.05) is 67.3 Å². The summed E-state index contributed by atoms with van der Waals surface area (Å²) < 4.78 is 6.84. The summed E-state index contributed by atoms with van der Waals surface area (Å²) in [5.74, 6) is 0.348. The zero-order valence-electron chi connectivity index (χ0n) is 18.2. The van der Waals surface area contributed by atoms with Crippen LogP contribution in [0, 0.1) is 13.8 Å². The number of nitrogens with one attached hydrogen (secondary N) is 1. The number of halogens is 1. The van der Waals surface area contributed by atoms with Gasteiger partial charge in [-0.05, 0) is 73.4 Å². The standard InChI is InChI=1S/C26H25BrN2O3/c1-17-12-18(2)14-21(13-17)28-25(30)16-32-24-5-3-4-23-22(24)10-11-29(26(23)31)15-19-6-8-20(27)9-7-19/h3-9,12-14H,10-11,15-16H2,1-2H3,(H,28,30). The van der Waals surface area contributed by atoms with Gasteiger partial charge in [-0.1, -0.05) is 40.2 Å². The van der Waals surface area contributed by atoms with Gasteiger partial charge < -0.3 is 15.0 Å². The normalized spacial score (nSPS) is 13.0. The summed E-state index contributed by atoms with van der Waals surface area (Å²) in [6.07, 6.45) is 0.687. The number of benzene rings is 3. The number of anilines is 1. The summed E-state index contributed by atoms with van der Waals surface area (Å²) >= 11 is 3.44. The summed E-state index contributed by atoms with van der Waals surface area (Å²) in [6, 6.07) is 19.3. The van der Waals surface area contributed by atoms with E-state index in [0.29, 0.717) is 30.8 Å². The van der Waals surface area contributed by atoms with Crippen LogP contribution in [0.3, 0.4) is 0 Å². The van der Waals surface area contributed by atoms with Gasteiger partial charge in [0.05, 0.1) is 0 Å². The Morgan fingerprint density at radius 3 is 2.50 bits per heavy atom. The number of carbonyl (C=O) groups excluding carboxylic acids is 2. The van der Waals surface area contributed by atoms with Crippen molar-refractivity contribution in [2.24, 2.45) is 0 Å². The van der Waals surface area contributed by atoms with E-state index < -0.39 is 0 Å². The number of aryl methyl sites for hydroxylation is 2. The van der Waals surface area contributed by atoms with Crippen molar-refractivity contribution in [3.63, 3.8) is 0 Å². The minimum Gasteiger partial charge on any atom is -0.483 e. The monoisotopic (exact) mass is 492 g/mol. The summed E-state index contributed by atoms with van der Waals surface area (Å²) in [6.45, 7) is 5.05. The van der Waals surface area contributed by atoms with E-state index in [1.165, 1.54) is 0 Å². The molecule has 1 heterocycles. The summed E-state index contributed by atoms with van der Waals surface area (Å²) in [5.41, 5.74) is 5.52. The third kappa shape index (κ3) is 5.19. The van der Waals surface area contributed by atoms with E-state index in [4.69, 9.17) is 4.74 Å². The second kappa shape index (κ2) is 9.57. The summed E-state index contributed by atoms with van der Waals surface area (Å²) in [4.78, 5) is 27.3. The maximum atomic E-state index is 13.1. The van der Waals surface area contributed by atoms with Gasteiger partial charge in [0.15, 0.2) is 6.61 Å². The highest BCUT2D eigenvalue weighted by Crippen LogP contribution is 2.29. The Labute approximate surface area is 196 Å². The zero-order chi connectivity index (χ0) is 22.7. The number of nitrogens with zero attached hydrogens (tertiary/aromatic N) is 1. The quantitative estimate of drug-likeness (QED) is 0.508. The van der Waals surface area contributed by atoms with Crippen molar-refractivity contribution in [2.45, 2.75) is 26.8 Å². The van der Waals surface area contributed by atoms with Crippen LogP contribution in [0.1, 0.15) is 32.6 Å². The van der Waals surface area contributed by atoms with E-state index in [1.54, 1.807) is 6.07 Å². The summed E-state index contributed by atoms with van der Waals surface area (Å²) in [7, 11) is 0. The first-order chi connectivity index (χ1) is 15.4. The molecule has 0 atom stereocenters. The van der Waals surface area contributed by atoms with Gasteiger partial charge in [0.25, 0.3) is 11.8 Å². The molecule has 3 aromatic rings. The van der Waals surface area contributed by atoms with Crippen molar-refractivity contribution < 1.29 is 14.3 Å². The number of rotatable bonds is 6. The van der Waals surface area contributed by atoms with Crippen molar-refractivity contribution in [3.8, 4) is 5.75 Å². The maximum Gasteiger partial charge on any atom is 0.262 e. The first-order valence-electron chi connectivity index (χ1n) is 10.6. The molecule has 2 amide bonds. The van der Waals surface area contributed by atoms with Gasteiger partial charge in [-0.15, -0.1) is 0 Å². The molecule has 0 saturated carbocycles. The number of ether oxygens (including phenoxy) is 1. The predicted molar refractivity (Wildman–Crippen MR) is 129 cm³/mol. The van der Waals surface area contributed by atoms with E-state index >= 15 is 0 Å². The largest absolute Gasteiger partial charge is 0.483 e. The van der Waals surface area contributed by atoms with Crippen molar-refractivity contribution in [1.29, 1.82) is 0 Å². The molecule has 3 aromatic carbocycles. The molecular formula is C26H25BrN2O3. The fourth-order valence-electron chi connectivity index (χ4n) is 4.03. The Morgan fingerprint density at radius 1 is 1.06 bits per heavy atom. The van der Waals surface area contributed by atoms with Crippen molar-refractivity contribution in [2.75, 3.05) is 18.5 Å². The zero-order valence-corrected chi connectivity index (χ0v) is 19.7.